The minimum absolute atomic E-state index is 0.240. The molecule has 2 heterocycles. The number of nitrogens with zero attached hydrogens (tertiary/aromatic N) is 2. The maximum absolute atomic E-state index is 12.3. The first kappa shape index (κ1) is 15.9. The summed E-state index contributed by atoms with van der Waals surface area (Å²) in [5, 5.41) is 9.70. The van der Waals surface area contributed by atoms with Crippen molar-refractivity contribution in [3.63, 3.8) is 0 Å². The number of rotatable bonds is 3. The largest absolute Gasteiger partial charge is 0.341 e. The summed E-state index contributed by atoms with van der Waals surface area (Å²) < 4.78 is 0.690. The summed E-state index contributed by atoms with van der Waals surface area (Å²) in [6.07, 6.45) is 1.06. The Bertz CT molecular complexity index is 933. The highest BCUT2D eigenvalue weighted by molar-refractivity contribution is 9.10. The molecule has 2 aromatic carbocycles. The number of hydrogen-bond donors (Lipinski definition) is 2. The molecule has 1 aliphatic heterocycles. The van der Waals surface area contributed by atoms with Gasteiger partial charge in [0.15, 0.2) is 5.69 Å². The van der Waals surface area contributed by atoms with Gasteiger partial charge in [-0.2, -0.15) is 5.10 Å². The Hall–Kier alpha value is -2.60. The number of anilines is 3. The number of para-hydroxylation sites is 1. The monoisotopic (exact) mass is 396 g/mol. The van der Waals surface area contributed by atoms with E-state index in [0.29, 0.717) is 10.2 Å². The number of aromatic nitrogens is 2. The van der Waals surface area contributed by atoms with Crippen LogP contribution in [0.15, 0.2) is 53.0 Å². The van der Waals surface area contributed by atoms with Gasteiger partial charge in [0.1, 0.15) is 0 Å². The van der Waals surface area contributed by atoms with Gasteiger partial charge in [0.25, 0.3) is 5.91 Å². The molecule has 2 N–H and O–H groups in total. The van der Waals surface area contributed by atoms with Gasteiger partial charge >= 0.3 is 0 Å². The molecule has 1 amide bonds. The Kier molecular flexibility index (Phi) is 4.05. The van der Waals surface area contributed by atoms with Crippen molar-refractivity contribution in [3.8, 4) is 0 Å². The average molecular weight is 397 g/mol. The lowest BCUT2D eigenvalue weighted by Gasteiger charge is -2.19. The Balaban J connectivity index is 1.51. The van der Waals surface area contributed by atoms with Gasteiger partial charge in [-0.05, 0) is 65.2 Å². The van der Waals surface area contributed by atoms with Crippen molar-refractivity contribution in [2.24, 2.45) is 0 Å². The van der Waals surface area contributed by atoms with E-state index in [2.05, 4.69) is 60.6 Å². The molecule has 0 bridgehead atoms. The van der Waals surface area contributed by atoms with E-state index < -0.39 is 0 Å². The van der Waals surface area contributed by atoms with Gasteiger partial charge in [0.05, 0.1) is 4.47 Å². The van der Waals surface area contributed by atoms with Crippen molar-refractivity contribution >= 4 is 38.9 Å². The molecule has 1 aromatic heterocycles. The molecule has 0 spiro atoms. The van der Waals surface area contributed by atoms with Gasteiger partial charge in [-0.25, -0.2) is 0 Å². The van der Waals surface area contributed by atoms with Crippen LogP contribution in [0.3, 0.4) is 0 Å². The number of halogens is 1. The van der Waals surface area contributed by atoms with Crippen LogP contribution >= 0.6 is 15.9 Å². The number of fused-ring (bicyclic) bond motifs is 1. The highest BCUT2D eigenvalue weighted by Gasteiger charge is 2.20. The summed E-state index contributed by atoms with van der Waals surface area (Å²) in [6, 6.07) is 16.4. The van der Waals surface area contributed by atoms with Crippen LogP contribution in [0.4, 0.5) is 17.1 Å². The Morgan fingerprint density at radius 2 is 1.96 bits per heavy atom. The third kappa shape index (κ3) is 2.93. The lowest BCUT2D eigenvalue weighted by atomic mass is 10.2. The maximum atomic E-state index is 12.3. The zero-order chi connectivity index (χ0) is 17.4. The second kappa shape index (κ2) is 6.37. The summed E-state index contributed by atoms with van der Waals surface area (Å²) in [5.74, 6) is -0.240. The Labute approximate surface area is 154 Å². The number of carbonyl (C=O) groups is 1. The van der Waals surface area contributed by atoms with Gasteiger partial charge in [-0.3, -0.25) is 9.89 Å². The fourth-order valence-electron chi connectivity index (χ4n) is 3.09. The molecule has 126 valence electrons. The predicted molar refractivity (Wildman–Crippen MR) is 103 cm³/mol. The van der Waals surface area contributed by atoms with Crippen LogP contribution in [0, 0.1) is 6.92 Å². The number of benzene rings is 2. The van der Waals surface area contributed by atoms with Gasteiger partial charge in [0, 0.05) is 29.3 Å². The normalized spacial score (nSPS) is 13.0. The summed E-state index contributed by atoms with van der Waals surface area (Å²) >= 11 is 3.37. The van der Waals surface area contributed by atoms with E-state index in [1.54, 1.807) is 0 Å². The molecule has 5 nitrogen and oxygen atoms in total. The van der Waals surface area contributed by atoms with E-state index in [0.717, 1.165) is 30.0 Å². The van der Waals surface area contributed by atoms with Crippen molar-refractivity contribution in [2.45, 2.75) is 13.3 Å². The number of carbonyl (C=O) groups excluding carboxylic acids is 1. The summed E-state index contributed by atoms with van der Waals surface area (Å²) in [5.41, 5.74) is 5.69. The van der Waals surface area contributed by atoms with E-state index in [-0.39, 0.29) is 5.91 Å². The van der Waals surface area contributed by atoms with E-state index in [9.17, 15) is 4.79 Å². The summed E-state index contributed by atoms with van der Waals surface area (Å²) in [6.45, 7) is 2.83. The van der Waals surface area contributed by atoms with Crippen molar-refractivity contribution in [1.29, 1.82) is 0 Å². The first-order valence-corrected chi connectivity index (χ1v) is 8.90. The van der Waals surface area contributed by atoms with Crippen molar-refractivity contribution in [1.82, 2.24) is 10.2 Å². The standard InChI is InChI=1S/C19H17BrN4O/c1-12-17(20)18(23-22-12)19(25)21-14-6-8-15(9-7-14)24-11-10-13-4-2-3-5-16(13)24/h2-9H,10-11H2,1H3,(H,21,25)(H,22,23). The highest BCUT2D eigenvalue weighted by Crippen LogP contribution is 2.34. The third-order valence-corrected chi connectivity index (χ3v) is 5.38. The number of hydrogen-bond acceptors (Lipinski definition) is 3. The predicted octanol–water partition coefficient (Wildman–Crippen LogP) is 4.43. The number of aromatic amines is 1. The van der Waals surface area contributed by atoms with E-state index in [4.69, 9.17) is 0 Å². The molecule has 6 heteroatoms. The molecule has 1 aliphatic rings. The van der Waals surface area contributed by atoms with Crippen molar-refractivity contribution in [2.75, 3.05) is 16.8 Å². The number of aryl methyl sites for hydroxylation is 1. The van der Waals surface area contributed by atoms with Crippen LogP contribution in [-0.2, 0) is 6.42 Å². The summed E-state index contributed by atoms with van der Waals surface area (Å²) in [7, 11) is 0. The Morgan fingerprint density at radius 3 is 2.68 bits per heavy atom. The fourth-order valence-corrected chi connectivity index (χ4v) is 3.44. The van der Waals surface area contributed by atoms with Crippen molar-refractivity contribution in [3.05, 3.63) is 70.0 Å². The van der Waals surface area contributed by atoms with Crippen LogP contribution in [0.25, 0.3) is 0 Å². The molecule has 0 saturated carbocycles. The van der Waals surface area contributed by atoms with Gasteiger partial charge in [-0.1, -0.05) is 18.2 Å². The minimum Gasteiger partial charge on any atom is -0.341 e. The lowest BCUT2D eigenvalue weighted by molar-refractivity contribution is 0.102. The zero-order valence-electron chi connectivity index (χ0n) is 13.7. The molecular weight excluding hydrogens is 380 g/mol. The molecular formula is C19H17BrN4O. The molecule has 4 rings (SSSR count). The average Bonchev–Trinajstić information content (AvgIpc) is 3.20. The first-order chi connectivity index (χ1) is 12.1. The third-order valence-electron chi connectivity index (χ3n) is 4.41. The van der Waals surface area contributed by atoms with Crippen LogP contribution < -0.4 is 10.2 Å². The molecule has 0 radical (unpaired) electrons. The second-order valence-corrected chi connectivity index (χ2v) is 6.84. The molecule has 25 heavy (non-hydrogen) atoms. The Morgan fingerprint density at radius 1 is 1.20 bits per heavy atom. The SMILES string of the molecule is Cc1[nH]nc(C(=O)Nc2ccc(N3CCc4ccccc43)cc2)c1Br. The molecule has 0 aliphatic carbocycles. The van der Waals surface area contributed by atoms with Crippen molar-refractivity contribution < 1.29 is 4.79 Å². The number of nitrogens with one attached hydrogen (secondary N) is 2. The van der Waals surface area contributed by atoms with Crippen LogP contribution in [0.2, 0.25) is 0 Å². The topological polar surface area (TPSA) is 61.0 Å². The van der Waals surface area contributed by atoms with Gasteiger partial charge in [-0.15, -0.1) is 0 Å². The van der Waals surface area contributed by atoms with E-state index >= 15 is 0 Å². The number of amides is 1. The zero-order valence-corrected chi connectivity index (χ0v) is 15.3. The smallest absolute Gasteiger partial charge is 0.277 e. The second-order valence-electron chi connectivity index (χ2n) is 6.04. The van der Waals surface area contributed by atoms with Crippen LogP contribution in [0.5, 0.6) is 0 Å². The number of H-pyrrole nitrogens is 1. The molecule has 0 fully saturated rings. The molecule has 0 atom stereocenters. The van der Waals surface area contributed by atoms with Gasteiger partial charge in [0.2, 0.25) is 0 Å². The minimum atomic E-state index is -0.240. The van der Waals surface area contributed by atoms with Gasteiger partial charge < -0.3 is 10.2 Å². The fraction of sp³-hybridized carbons (Fsp3) is 0.158. The lowest BCUT2D eigenvalue weighted by Crippen LogP contribution is -2.14. The molecule has 0 unspecified atom stereocenters. The summed E-state index contributed by atoms with van der Waals surface area (Å²) in [4.78, 5) is 14.6. The van der Waals surface area contributed by atoms with Crippen LogP contribution in [0.1, 0.15) is 21.7 Å². The van der Waals surface area contributed by atoms with E-state index in [1.807, 2.05) is 31.2 Å². The maximum Gasteiger partial charge on any atom is 0.277 e. The first-order valence-electron chi connectivity index (χ1n) is 8.11. The highest BCUT2D eigenvalue weighted by atomic mass is 79.9. The quantitative estimate of drug-likeness (QED) is 0.688. The van der Waals surface area contributed by atoms with Crippen LogP contribution in [-0.4, -0.2) is 22.6 Å². The molecule has 0 saturated heterocycles. The molecule has 3 aromatic rings. The van der Waals surface area contributed by atoms with E-state index in [1.165, 1.54) is 11.3 Å².